The Morgan fingerprint density at radius 3 is 2.71 bits per heavy atom. The number of fused-ring (bicyclic) bond motifs is 1. The molecule has 2 heterocycles. The zero-order valence-corrected chi connectivity index (χ0v) is 16.0. The number of halogens is 2. The lowest BCUT2D eigenvalue weighted by Crippen LogP contribution is -2.57. The number of rotatable bonds is 2. The van der Waals surface area contributed by atoms with Crippen LogP contribution in [0.2, 0.25) is 5.15 Å². The van der Waals surface area contributed by atoms with Gasteiger partial charge < -0.3 is 14.4 Å². The fourth-order valence-electron chi connectivity index (χ4n) is 2.42. The molecule has 0 radical (unpaired) electrons. The number of amides is 1. The first-order valence-corrected chi connectivity index (χ1v) is 8.78. The third-order valence-electron chi connectivity index (χ3n) is 3.57. The van der Waals surface area contributed by atoms with Crippen LogP contribution < -0.4 is 4.74 Å². The Labute approximate surface area is 154 Å². The van der Waals surface area contributed by atoms with Crippen LogP contribution in [-0.2, 0) is 4.74 Å². The normalized spacial score (nSPS) is 15.3. The van der Waals surface area contributed by atoms with Crippen LogP contribution >= 0.6 is 27.5 Å². The van der Waals surface area contributed by atoms with E-state index in [1.165, 1.54) is 0 Å². The van der Waals surface area contributed by atoms with Gasteiger partial charge in [0.2, 0.25) is 0 Å². The molecule has 0 saturated carbocycles. The number of ether oxygens (including phenoxy) is 2. The monoisotopic (exact) mass is 412 g/mol. The lowest BCUT2D eigenvalue weighted by atomic mass is 10.1. The summed E-state index contributed by atoms with van der Waals surface area (Å²) in [5.74, 6) is 0.728. The second kappa shape index (κ2) is 6.41. The molecule has 1 amide bonds. The van der Waals surface area contributed by atoms with Gasteiger partial charge in [0.1, 0.15) is 22.6 Å². The summed E-state index contributed by atoms with van der Waals surface area (Å²) in [7, 11) is 0. The zero-order chi connectivity index (χ0) is 17.5. The minimum atomic E-state index is -0.490. The van der Waals surface area contributed by atoms with Gasteiger partial charge in [-0.2, -0.15) is 0 Å². The van der Waals surface area contributed by atoms with Crippen LogP contribution in [0.25, 0.3) is 10.8 Å². The van der Waals surface area contributed by atoms with Gasteiger partial charge in [-0.05, 0) is 39.0 Å². The molecule has 0 aliphatic carbocycles. The molecule has 1 aromatic carbocycles. The molecule has 1 aromatic heterocycles. The Balaban J connectivity index is 1.68. The highest BCUT2D eigenvalue weighted by atomic mass is 79.9. The molecular weight excluding hydrogens is 396 g/mol. The average Bonchev–Trinajstić information content (AvgIpc) is 2.42. The Morgan fingerprint density at radius 1 is 1.33 bits per heavy atom. The Hall–Kier alpha value is -1.53. The van der Waals surface area contributed by atoms with Crippen LogP contribution in [0.5, 0.6) is 5.75 Å². The van der Waals surface area contributed by atoms with E-state index in [9.17, 15) is 4.79 Å². The van der Waals surface area contributed by atoms with Gasteiger partial charge in [0.05, 0.1) is 13.1 Å². The van der Waals surface area contributed by atoms with E-state index in [-0.39, 0.29) is 12.2 Å². The first kappa shape index (κ1) is 17.3. The highest BCUT2D eigenvalue weighted by Crippen LogP contribution is 2.34. The number of carbonyl (C=O) groups excluding carboxylic acids is 1. The number of pyridine rings is 1. The summed E-state index contributed by atoms with van der Waals surface area (Å²) in [6.45, 7) is 6.57. The van der Waals surface area contributed by atoms with E-state index in [0.29, 0.717) is 18.2 Å². The molecule has 7 heteroatoms. The van der Waals surface area contributed by atoms with E-state index in [1.807, 2.05) is 32.9 Å². The molecule has 0 unspecified atom stereocenters. The van der Waals surface area contributed by atoms with Crippen LogP contribution in [0, 0.1) is 0 Å². The molecule has 128 valence electrons. The standard InChI is InChI=1S/C17H18BrClN2O3/c1-17(2,3)24-16(22)21-8-10(9-21)23-14-5-4-13(18)11-6-15(19)20-7-12(11)14/h4-7,10H,8-9H2,1-3H3. The van der Waals surface area contributed by atoms with E-state index < -0.39 is 5.60 Å². The second-order valence-corrected chi connectivity index (χ2v) is 7.96. The van der Waals surface area contributed by atoms with Crippen LogP contribution in [0.3, 0.4) is 0 Å². The molecule has 0 spiro atoms. The predicted octanol–water partition coefficient (Wildman–Crippen LogP) is 4.65. The van der Waals surface area contributed by atoms with Crippen molar-refractivity contribution in [2.24, 2.45) is 0 Å². The zero-order valence-electron chi connectivity index (χ0n) is 13.7. The van der Waals surface area contributed by atoms with Crippen LogP contribution in [-0.4, -0.2) is 40.8 Å². The van der Waals surface area contributed by atoms with E-state index in [0.717, 1.165) is 21.0 Å². The summed E-state index contributed by atoms with van der Waals surface area (Å²) in [5, 5.41) is 2.25. The Kier molecular flexibility index (Phi) is 4.62. The van der Waals surface area contributed by atoms with Gasteiger partial charge in [-0.1, -0.05) is 27.5 Å². The van der Waals surface area contributed by atoms with Gasteiger partial charge >= 0.3 is 6.09 Å². The lowest BCUT2D eigenvalue weighted by Gasteiger charge is -2.39. The van der Waals surface area contributed by atoms with E-state index in [2.05, 4.69) is 20.9 Å². The first-order valence-electron chi connectivity index (χ1n) is 7.61. The maximum atomic E-state index is 12.0. The van der Waals surface area contributed by atoms with Crippen LogP contribution in [0.1, 0.15) is 20.8 Å². The number of hydrogen-bond donors (Lipinski definition) is 0. The molecule has 1 aliphatic heterocycles. The van der Waals surface area contributed by atoms with Crippen molar-refractivity contribution in [3.8, 4) is 5.75 Å². The molecule has 1 aliphatic rings. The molecule has 24 heavy (non-hydrogen) atoms. The quantitative estimate of drug-likeness (QED) is 0.673. The fraction of sp³-hybridized carbons (Fsp3) is 0.412. The van der Waals surface area contributed by atoms with Crippen molar-refractivity contribution in [3.05, 3.63) is 34.0 Å². The van der Waals surface area contributed by atoms with Crippen molar-refractivity contribution in [1.29, 1.82) is 0 Å². The minimum absolute atomic E-state index is 0.0578. The molecule has 1 saturated heterocycles. The highest BCUT2D eigenvalue weighted by Gasteiger charge is 2.35. The molecule has 3 rings (SSSR count). The summed E-state index contributed by atoms with van der Waals surface area (Å²) in [4.78, 5) is 17.7. The Morgan fingerprint density at radius 2 is 2.04 bits per heavy atom. The molecule has 1 fully saturated rings. The van der Waals surface area contributed by atoms with Crippen molar-refractivity contribution in [2.75, 3.05) is 13.1 Å². The fourth-order valence-corrected chi connectivity index (χ4v) is 3.04. The summed E-state index contributed by atoms with van der Waals surface area (Å²) < 4.78 is 12.3. The van der Waals surface area contributed by atoms with E-state index in [1.54, 1.807) is 17.2 Å². The first-order chi connectivity index (χ1) is 11.2. The number of nitrogens with zero attached hydrogens (tertiary/aromatic N) is 2. The molecule has 5 nitrogen and oxygen atoms in total. The third-order valence-corrected chi connectivity index (χ3v) is 4.47. The SMILES string of the molecule is CC(C)(C)OC(=O)N1CC(Oc2ccc(Br)c3cc(Cl)ncc23)C1. The van der Waals surface area contributed by atoms with E-state index in [4.69, 9.17) is 21.1 Å². The highest BCUT2D eigenvalue weighted by molar-refractivity contribution is 9.10. The van der Waals surface area contributed by atoms with Crippen molar-refractivity contribution in [2.45, 2.75) is 32.5 Å². The van der Waals surface area contributed by atoms with Gasteiger partial charge in [-0.15, -0.1) is 0 Å². The number of benzene rings is 1. The van der Waals surface area contributed by atoms with Gasteiger partial charge in [0.15, 0.2) is 0 Å². The second-order valence-electron chi connectivity index (χ2n) is 6.72. The maximum absolute atomic E-state index is 12.0. The number of aromatic nitrogens is 1. The third kappa shape index (κ3) is 3.75. The molecule has 0 N–H and O–H groups in total. The largest absolute Gasteiger partial charge is 0.486 e. The van der Waals surface area contributed by atoms with Crippen molar-refractivity contribution in [1.82, 2.24) is 9.88 Å². The average molecular weight is 414 g/mol. The van der Waals surface area contributed by atoms with Crippen molar-refractivity contribution >= 4 is 44.4 Å². The number of likely N-dealkylation sites (tertiary alicyclic amines) is 1. The minimum Gasteiger partial charge on any atom is -0.486 e. The van der Waals surface area contributed by atoms with Gasteiger partial charge in [0.25, 0.3) is 0 Å². The van der Waals surface area contributed by atoms with Crippen LogP contribution in [0.15, 0.2) is 28.9 Å². The van der Waals surface area contributed by atoms with Gasteiger partial charge in [-0.3, -0.25) is 0 Å². The summed E-state index contributed by atoms with van der Waals surface area (Å²) >= 11 is 9.47. The van der Waals surface area contributed by atoms with Crippen molar-refractivity contribution < 1.29 is 14.3 Å². The van der Waals surface area contributed by atoms with Crippen molar-refractivity contribution in [3.63, 3.8) is 0 Å². The van der Waals surface area contributed by atoms with Gasteiger partial charge in [-0.25, -0.2) is 9.78 Å². The summed E-state index contributed by atoms with van der Waals surface area (Å²) in [5.41, 5.74) is -0.490. The van der Waals surface area contributed by atoms with E-state index >= 15 is 0 Å². The molecule has 0 atom stereocenters. The lowest BCUT2D eigenvalue weighted by molar-refractivity contribution is -0.0217. The van der Waals surface area contributed by atoms with Gasteiger partial charge in [0, 0.05) is 21.4 Å². The Bertz CT molecular complexity index is 785. The molecular formula is C17H18BrClN2O3. The summed E-state index contributed by atoms with van der Waals surface area (Å²) in [6, 6.07) is 5.60. The topological polar surface area (TPSA) is 51.7 Å². The molecule has 2 aromatic rings. The number of hydrogen-bond acceptors (Lipinski definition) is 4. The predicted molar refractivity (Wildman–Crippen MR) is 96.7 cm³/mol. The number of carbonyl (C=O) groups is 1. The maximum Gasteiger partial charge on any atom is 0.410 e. The summed E-state index contributed by atoms with van der Waals surface area (Å²) in [6.07, 6.45) is 1.33. The van der Waals surface area contributed by atoms with Crippen LogP contribution in [0.4, 0.5) is 4.79 Å². The smallest absolute Gasteiger partial charge is 0.410 e. The molecule has 0 bridgehead atoms.